The van der Waals surface area contributed by atoms with E-state index in [-0.39, 0.29) is 12.1 Å². The number of hydrogen-bond donors (Lipinski definition) is 1. The maximum Gasteiger partial charge on any atom is 0.317 e. The van der Waals surface area contributed by atoms with E-state index in [9.17, 15) is 4.79 Å². The molecule has 0 aliphatic heterocycles. The zero-order valence-corrected chi connectivity index (χ0v) is 15.8. The summed E-state index contributed by atoms with van der Waals surface area (Å²) >= 11 is 0. The van der Waals surface area contributed by atoms with Crippen molar-refractivity contribution in [3.63, 3.8) is 0 Å². The average Bonchev–Trinajstić information content (AvgIpc) is 3.17. The summed E-state index contributed by atoms with van der Waals surface area (Å²) in [5, 5.41) is 7.37. The number of urea groups is 1. The van der Waals surface area contributed by atoms with Gasteiger partial charge in [0.1, 0.15) is 12.7 Å². The summed E-state index contributed by atoms with van der Waals surface area (Å²) in [6, 6.07) is 8.42. The lowest BCUT2D eigenvalue weighted by Gasteiger charge is -2.29. The molecule has 2 aromatic rings. The van der Waals surface area contributed by atoms with Gasteiger partial charge in [0.25, 0.3) is 0 Å². The Morgan fingerprint density at radius 1 is 1.15 bits per heavy atom. The van der Waals surface area contributed by atoms with E-state index in [2.05, 4.69) is 22.3 Å². The van der Waals surface area contributed by atoms with Crippen molar-refractivity contribution in [3.8, 4) is 5.69 Å². The van der Waals surface area contributed by atoms with E-state index < -0.39 is 0 Å². The molecule has 3 rings (SSSR count). The van der Waals surface area contributed by atoms with Crippen LogP contribution in [0.3, 0.4) is 0 Å². The molecule has 0 spiro atoms. The summed E-state index contributed by atoms with van der Waals surface area (Å²) in [6.07, 6.45) is 11.7. The van der Waals surface area contributed by atoms with Gasteiger partial charge < -0.3 is 10.2 Å². The van der Waals surface area contributed by atoms with Crippen LogP contribution in [0.4, 0.5) is 4.79 Å². The monoisotopic (exact) mass is 355 g/mol. The minimum atomic E-state index is 0.00773. The predicted octanol–water partition coefficient (Wildman–Crippen LogP) is 4.08. The quantitative estimate of drug-likeness (QED) is 0.899. The third kappa shape index (κ3) is 4.62. The molecule has 1 saturated carbocycles. The summed E-state index contributed by atoms with van der Waals surface area (Å²) in [6.45, 7) is 2.06. The number of carbonyl (C=O) groups is 1. The van der Waals surface area contributed by atoms with Gasteiger partial charge in [0.2, 0.25) is 0 Å². The van der Waals surface area contributed by atoms with Crippen molar-refractivity contribution in [1.82, 2.24) is 25.0 Å². The van der Waals surface area contributed by atoms with Crippen LogP contribution in [0.1, 0.15) is 63.5 Å². The minimum absolute atomic E-state index is 0.00773. The number of nitrogens with zero attached hydrogens (tertiary/aromatic N) is 4. The lowest BCUT2D eigenvalue weighted by atomic mass is 9.97. The topological polar surface area (TPSA) is 63.1 Å². The van der Waals surface area contributed by atoms with Gasteiger partial charge >= 0.3 is 6.03 Å². The Morgan fingerprint density at radius 3 is 2.42 bits per heavy atom. The first-order valence-corrected chi connectivity index (χ1v) is 9.63. The van der Waals surface area contributed by atoms with Crippen LogP contribution < -0.4 is 5.32 Å². The summed E-state index contributed by atoms with van der Waals surface area (Å²) in [5.74, 6) is 0. The molecule has 1 N–H and O–H groups in total. The fourth-order valence-corrected chi connectivity index (χ4v) is 3.52. The maximum atomic E-state index is 12.7. The van der Waals surface area contributed by atoms with Crippen LogP contribution in [0.5, 0.6) is 0 Å². The standard InChI is InChI=1S/C20H29N5O/c1-16(17-10-12-19(13-11-17)25-15-21-14-22-25)24(2)20(26)23-18-8-6-4-3-5-7-9-18/h10-16,18H,3-9H2,1-2H3,(H,23,26). The Bertz CT molecular complexity index is 675. The van der Waals surface area contributed by atoms with E-state index in [1.54, 1.807) is 15.9 Å². The second-order valence-corrected chi connectivity index (χ2v) is 7.21. The van der Waals surface area contributed by atoms with Crippen molar-refractivity contribution in [1.29, 1.82) is 0 Å². The largest absolute Gasteiger partial charge is 0.335 e. The fourth-order valence-electron chi connectivity index (χ4n) is 3.52. The highest BCUT2D eigenvalue weighted by Gasteiger charge is 2.21. The number of carbonyl (C=O) groups excluding carboxylic acids is 1. The molecule has 0 radical (unpaired) electrons. The van der Waals surface area contributed by atoms with E-state index in [0.717, 1.165) is 24.1 Å². The summed E-state index contributed by atoms with van der Waals surface area (Å²) in [7, 11) is 1.87. The third-order valence-electron chi connectivity index (χ3n) is 5.39. The van der Waals surface area contributed by atoms with Gasteiger partial charge in [-0.15, -0.1) is 0 Å². The number of hydrogen-bond acceptors (Lipinski definition) is 3. The lowest BCUT2D eigenvalue weighted by molar-refractivity contribution is 0.187. The van der Waals surface area contributed by atoms with E-state index in [4.69, 9.17) is 0 Å². The van der Waals surface area contributed by atoms with Crippen molar-refractivity contribution in [2.45, 2.75) is 64.0 Å². The summed E-state index contributed by atoms with van der Waals surface area (Å²) in [5.41, 5.74) is 2.06. The SMILES string of the molecule is CC(c1ccc(-n2cncn2)cc1)N(C)C(=O)NC1CCCCCCC1. The van der Waals surface area contributed by atoms with Crippen LogP contribution in [0.15, 0.2) is 36.9 Å². The van der Waals surface area contributed by atoms with Crippen LogP contribution in [0.2, 0.25) is 0 Å². The van der Waals surface area contributed by atoms with E-state index in [1.807, 2.05) is 31.3 Å². The molecule has 1 unspecified atom stereocenters. The molecule has 1 aliphatic rings. The number of benzene rings is 1. The molecule has 1 heterocycles. The molecule has 1 fully saturated rings. The van der Waals surface area contributed by atoms with Gasteiger partial charge in [0.15, 0.2) is 0 Å². The number of amides is 2. The van der Waals surface area contributed by atoms with Crippen LogP contribution in [-0.2, 0) is 0 Å². The normalized spacial score (nSPS) is 17.2. The second kappa shape index (κ2) is 8.83. The van der Waals surface area contributed by atoms with Gasteiger partial charge in [-0.05, 0) is 37.5 Å². The van der Waals surface area contributed by atoms with E-state index in [0.29, 0.717) is 6.04 Å². The summed E-state index contributed by atoms with van der Waals surface area (Å²) < 4.78 is 1.72. The molecule has 6 nitrogen and oxygen atoms in total. The first-order chi connectivity index (χ1) is 12.6. The van der Waals surface area contributed by atoms with Crippen LogP contribution in [-0.4, -0.2) is 38.8 Å². The van der Waals surface area contributed by atoms with E-state index in [1.165, 1.54) is 38.4 Å². The third-order valence-corrected chi connectivity index (χ3v) is 5.39. The number of aromatic nitrogens is 3. The molecule has 2 amide bonds. The highest BCUT2D eigenvalue weighted by atomic mass is 16.2. The molecular formula is C20H29N5O. The van der Waals surface area contributed by atoms with Gasteiger partial charge in [0.05, 0.1) is 11.7 Å². The van der Waals surface area contributed by atoms with Gasteiger partial charge in [0, 0.05) is 13.1 Å². The van der Waals surface area contributed by atoms with Crippen molar-refractivity contribution in [3.05, 3.63) is 42.5 Å². The molecule has 140 valence electrons. The van der Waals surface area contributed by atoms with Gasteiger partial charge in [-0.2, -0.15) is 5.10 Å². The average molecular weight is 355 g/mol. The smallest absolute Gasteiger partial charge is 0.317 e. The number of rotatable bonds is 4. The van der Waals surface area contributed by atoms with Gasteiger partial charge in [-0.1, -0.05) is 44.2 Å². The minimum Gasteiger partial charge on any atom is -0.335 e. The molecule has 0 bridgehead atoms. The highest BCUT2D eigenvalue weighted by Crippen LogP contribution is 2.22. The number of nitrogens with one attached hydrogen (secondary N) is 1. The van der Waals surface area contributed by atoms with Crippen LogP contribution in [0, 0.1) is 0 Å². The lowest BCUT2D eigenvalue weighted by Crippen LogP contribution is -2.44. The Hall–Kier alpha value is -2.37. The Kier molecular flexibility index (Phi) is 6.26. The Labute approximate surface area is 155 Å². The van der Waals surface area contributed by atoms with Crippen molar-refractivity contribution in [2.24, 2.45) is 0 Å². The molecular weight excluding hydrogens is 326 g/mol. The van der Waals surface area contributed by atoms with Crippen LogP contribution >= 0.6 is 0 Å². The Morgan fingerprint density at radius 2 is 1.81 bits per heavy atom. The van der Waals surface area contributed by atoms with Gasteiger partial charge in [-0.3, -0.25) is 0 Å². The zero-order valence-electron chi connectivity index (χ0n) is 15.8. The second-order valence-electron chi connectivity index (χ2n) is 7.21. The fraction of sp³-hybridized carbons (Fsp3) is 0.550. The highest BCUT2D eigenvalue weighted by molar-refractivity contribution is 5.74. The predicted molar refractivity (Wildman–Crippen MR) is 102 cm³/mol. The molecule has 1 aromatic heterocycles. The van der Waals surface area contributed by atoms with Crippen LogP contribution in [0.25, 0.3) is 5.69 Å². The molecule has 1 aromatic carbocycles. The molecule has 26 heavy (non-hydrogen) atoms. The van der Waals surface area contributed by atoms with Gasteiger partial charge in [-0.25, -0.2) is 14.5 Å². The zero-order chi connectivity index (χ0) is 18.4. The van der Waals surface area contributed by atoms with Crippen molar-refractivity contribution >= 4 is 6.03 Å². The van der Waals surface area contributed by atoms with Crippen molar-refractivity contribution < 1.29 is 4.79 Å². The molecule has 0 saturated heterocycles. The van der Waals surface area contributed by atoms with Crippen molar-refractivity contribution in [2.75, 3.05) is 7.05 Å². The maximum absolute atomic E-state index is 12.7. The molecule has 6 heteroatoms. The van der Waals surface area contributed by atoms with E-state index >= 15 is 0 Å². The molecule has 1 atom stereocenters. The first kappa shape index (κ1) is 18.4. The summed E-state index contributed by atoms with van der Waals surface area (Å²) in [4.78, 5) is 18.4. The Balaban J connectivity index is 1.59. The molecule has 1 aliphatic carbocycles. The first-order valence-electron chi connectivity index (χ1n) is 9.63.